The molecule has 0 aromatic carbocycles. The number of aliphatic hydroxyl groups excluding tert-OH is 1. The first-order valence-electron chi connectivity index (χ1n) is 5.60. The molecule has 3 N–H and O–H groups in total. The van der Waals surface area contributed by atoms with Gasteiger partial charge < -0.3 is 15.7 Å². The molecule has 17 heavy (non-hydrogen) atoms. The Labute approximate surface area is 99.5 Å². The highest BCUT2D eigenvalue weighted by Gasteiger charge is 2.47. The normalized spacial score (nSPS) is 26.2. The molecule has 1 aromatic heterocycles. The number of hydrogen-bond acceptors (Lipinski definition) is 5. The molecule has 94 valence electrons. The molecule has 5 nitrogen and oxygen atoms in total. The van der Waals surface area contributed by atoms with E-state index in [1.165, 1.54) is 0 Å². The summed E-state index contributed by atoms with van der Waals surface area (Å²) in [6.07, 6.45) is 1.38. The van der Waals surface area contributed by atoms with Crippen molar-refractivity contribution in [3.05, 3.63) is 12.0 Å². The standard InChI is InChI=1S/C11H17FN4O/c1-11(2)7(4-8(11)17)15-9-6(12)5-14-10(13-3)16-9/h5,7-8,17H,4H2,1-3H3,(H2,13,14,15,16). The van der Waals surface area contributed by atoms with Gasteiger partial charge in [-0.1, -0.05) is 13.8 Å². The highest BCUT2D eigenvalue weighted by Crippen LogP contribution is 2.42. The molecule has 0 saturated heterocycles. The van der Waals surface area contributed by atoms with Crippen LogP contribution in [0.25, 0.3) is 0 Å². The van der Waals surface area contributed by atoms with Gasteiger partial charge in [0, 0.05) is 18.5 Å². The molecule has 1 aromatic rings. The molecule has 0 aliphatic heterocycles. The van der Waals surface area contributed by atoms with Crippen LogP contribution in [0.4, 0.5) is 16.2 Å². The second kappa shape index (κ2) is 4.10. The highest BCUT2D eigenvalue weighted by molar-refractivity contribution is 5.43. The number of rotatable bonds is 3. The summed E-state index contributed by atoms with van der Waals surface area (Å²) in [6, 6.07) is 0.0200. The smallest absolute Gasteiger partial charge is 0.224 e. The molecule has 1 aliphatic carbocycles. The lowest BCUT2D eigenvalue weighted by molar-refractivity contribution is -0.0512. The Hall–Kier alpha value is -1.43. The SMILES string of the molecule is CNc1ncc(F)c(NC2CC(O)C2(C)C)n1. The molecule has 1 fully saturated rings. The van der Waals surface area contributed by atoms with Crippen LogP contribution in [0, 0.1) is 11.2 Å². The van der Waals surface area contributed by atoms with Crippen molar-refractivity contribution in [3.8, 4) is 0 Å². The minimum absolute atomic E-state index is 0.0200. The number of aliphatic hydroxyl groups is 1. The van der Waals surface area contributed by atoms with Gasteiger partial charge in [-0.2, -0.15) is 4.98 Å². The van der Waals surface area contributed by atoms with Gasteiger partial charge in [0.15, 0.2) is 11.6 Å². The fraction of sp³-hybridized carbons (Fsp3) is 0.636. The fourth-order valence-corrected chi connectivity index (χ4v) is 1.90. The van der Waals surface area contributed by atoms with Crippen LogP contribution in [0.2, 0.25) is 0 Å². The molecule has 0 radical (unpaired) electrons. The number of halogens is 1. The number of hydrogen-bond donors (Lipinski definition) is 3. The van der Waals surface area contributed by atoms with Gasteiger partial charge >= 0.3 is 0 Å². The van der Waals surface area contributed by atoms with Crippen molar-refractivity contribution >= 4 is 11.8 Å². The van der Waals surface area contributed by atoms with Crippen molar-refractivity contribution in [3.63, 3.8) is 0 Å². The van der Waals surface area contributed by atoms with E-state index < -0.39 is 5.82 Å². The van der Waals surface area contributed by atoms with E-state index in [4.69, 9.17) is 0 Å². The van der Waals surface area contributed by atoms with Crippen molar-refractivity contribution < 1.29 is 9.50 Å². The summed E-state index contributed by atoms with van der Waals surface area (Å²) < 4.78 is 13.5. The van der Waals surface area contributed by atoms with Crippen LogP contribution in [-0.2, 0) is 0 Å². The van der Waals surface area contributed by atoms with Crippen LogP contribution in [0.3, 0.4) is 0 Å². The van der Waals surface area contributed by atoms with E-state index in [0.717, 1.165) is 6.20 Å². The molecule has 0 bridgehead atoms. The average molecular weight is 240 g/mol. The zero-order valence-electron chi connectivity index (χ0n) is 10.2. The fourth-order valence-electron chi connectivity index (χ4n) is 1.90. The lowest BCUT2D eigenvalue weighted by Crippen LogP contribution is -2.57. The Morgan fingerprint density at radius 3 is 2.76 bits per heavy atom. The number of nitrogens with zero attached hydrogens (tertiary/aromatic N) is 2. The zero-order chi connectivity index (χ0) is 12.6. The van der Waals surface area contributed by atoms with Gasteiger partial charge in [0.2, 0.25) is 5.95 Å². The Morgan fingerprint density at radius 2 is 2.24 bits per heavy atom. The predicted molar refractivity (Wildman–Crippen MR) is 63.4 cm³/mol. The summed E-state index contributed by atoms with van der Waals surface area (Å²) in [5, 5.41) is 15.4. The van der Waals surface area contributed by atoms with E-state index in [2.05, 4.69) is 20.6 Å². The molecule has 2 unspecified atom stereocenters. The van der Waals surface area contributed by atoms with Gasteiger partial charge in [-0.25, -0.2) is 9.37 Å². The summed E-state index contributed by atoms with van der Waals surface area (Å²) in [5.74, 6) is 0.0575. The van der Waals surface area contributed by atoms with Crippen molar-refractivity contribution in [2.75, 3.05) is 17.7 Å². The summed E-state index contributed by atoms with van der Waals surface area (Å²) in [7, 11) is 1.67. The van der Waals surface area contributed by atoms with Gasteiger partial charge in [-0.05, 0) is 6.42 Å². The molecule has 1 heterocycles. The van der Waals surface area contributed by atoms with Gasteiger partial charge in [0.25, 0.3) is 0 Å². The van der Waals surface area contributed by atoms with E-state index in [1.54, 1.807) is 7.05 Å². The van der Waals surface area contributed by atoms with Gasteiger partial charge in [0.05, 0.1) is 12.3 Å². The van der Waals surface area contributed by atoms with Crippen molar-refractivity contribution in [1.29, 1.82) is 0 Å². The predicted octanol–water partition coefficient (Wildman–Crippen LogP) is 1.23. The zero-order valence-corrected chi connectivity index (χ0v) is 10.2. The van der Waals surface area contributed by atoms with Crippen molar-refractivity contribution in [2.24, 2.45) is 5.41 Å². The molecule has 0 amide bonds. The first-order chi connectivity index (χ1) is 7.95. The molecular weight excluding hydrogens is 223 g/mol. The van der Waals surface area contributed by atoms with E-state index in [1.807, 2.05) is 13.8 Å². The van der Waals surface area contributed by atoms with E-state index >= 15 is 0 Å². The lowest BCUT2D eigenvalue weighted by atomic mass is 9.64. The quantitative estimate of drug-likeness (QED) is 0.741. The van der Waals surface area contributed by atoms with Crippen LogP contribution < -0.4 is 10.6 Å². The number of nitrogens with one attached hydrogen (secondary N) is 2. The van der Waals surface area contributed by atoms with Crippen molar-refractivity contribution in [2.45, 2.75) is 32.4 Å². The number of anilines is 2. The number of aromatic nitrogens is 2. The van der Waals surface area contributed by atoms with Crippen LogP contribution in [-0.4, -0.2) is 34.3 Å². The maximum Gasteiger partial charge on any atom is 0.224 e. The molecule has 1 aliphatic rings. The molecule has 1 saturated carbocycles. The summed E-state index contributed by atoms with van der Waals surface area (Å²) in [5.41, 5.74) is -0.267. The summed E-state index contributed by atoms with van der Waals surface area (Å²) in [6.45, 7) is 3.88. The lowest BCUT2D eigenvalue weighted by Gasteiger charge is -2.49. The van der Waals surface area contributed by atoms with Crippen LogP contribution >= 0.6 is 0 Å². The van der Waals surface area contributed by atoms with E-state index in [9.17, 15) is 9.50 Å². The van der Waals surface area contributed by atoms with Crippen LogP contribution in [0.5, 0.6) is 0 Å². The van der Waals surface area contributed by atoms with Crippen LogP contribution in [0.1, 0.15) is 20.3 Å². The second-order valence-corrected chi connectivity index (χ2v) is 4.91. The van der Waals surface area contributed by atoms with E-state index in [-0.39, 0.29) is 23.4 Å². The first-order valence-corrected chi connectivity index (χ1v) is 5.60. The Morgan fingerprint density at radius 1 is 1.53 bits per heavy atom. The molecular formula is C11H17FN4O. The summed E-state index contributed by atoms with van der Waals surface area (Å²) >= 11 is 0. The monoisotopic (exact) mass is 240 g/mol. The highest BCUT2D eigenvalue weighted by atomic mass is 19.1. The minimum Gasteiger partial charge on any atom is -0.392 e. The summed E-state index contributed by atoms with van der Waals surface area (Å²) in [4.78, 5) is 7.79. The minimum atomic E-state index is -0.485. The average Bonchev–Trinajstić information content (AvgIpc) is 2.31. The third-order valence-electron chi connectivity index (χ3n) is 3.49. The molecule has 0 spiro atoms. The van der Waals surface area contributed by atoms with Gasteiger partial charge in [0.1, 0.15) is 0 Å². The van der Waals surface area contributed by atoms with Crippen LogP contribution in [0.15, 0.2) is 6.20 Å². The third kappa shape index (κ3) is 2.04. The largest absolute Gasteiger partial charge is 0.392 e. The Kier molecular flexibility index (Phi) is 2.91. The van der Waals surface area contributed by atoms with Crippen molar-refractivity contribution in [1.82, 2.24) is 9.97 Å². The van der Waals surface area contributed by atoms with Gasteiger partial charge in [-0.3, -0.25) is 0 Å². The molecule has 2 atom stereocenters. The third-order valence-corrected chi connectivity index (χ3v) is 3.49. The Bertz CT molecular complexity index is 424. The molecule has 6 heteroatoms. The van der Waals surface area contributed by atoms with E-state index in [0.29, 0.717) is 12.4 Å². The first kappa shape index (κ1) is 12.0. The maximum atomic E-state index is 13.5. The Balaban J connectivity index is 2.14. The molecule has 2 rings (SSSR count). The second-order valence-electron chi connectivity index (χ2n) is 4.91. The topological polar surface area (TPSA) is 70.1 Å². The van der Waals surface area contributed by atoms with Gasteiger partial charge in [-0.15, -0.1) is 0 Å². The maximum absolute atomic E-state index is 13.5.